The average Bonchev–Trinajstić information content (AvgIpc) is 2.80. The first kappa shape index (κ1) is 15.0. The Morgan fingerprint density at radius 2 is 2.15 bits per heavy atom. The van der Waals surface area contributed by atoms with Gasteiger partial charge in [-0.05, 0) is 55.1 Å². The van der Waals surface area contributed by atoms with E-state index < -0.39 is 0 Å². The number of carbonyl (C=O) groups is 1. The molecule has 20 heavy (non-hydrogen) atoms. The molecular weight excluding hydrogens is 320 g/mol. The van der Waals surface area contributed by atoms with E-state index in [-0.39, 0.29) is 18.1 Å². The molecule has 1 aromatic rings. The summed E-state index contributed by atoms with van der Waals surface area (Å²) in [5.41, 5.74) is 1.66. The van der Waals surface area contributed by atoms with Crippen LogP contribution in [0.2, 0.25) is 0 Å². The van der Waals surface area contributed by atoms with Gasteiger partial charge in [-0.3, -0.25) is 0 Å². The van der Waals surface area contributed by atoms with Crippen LogP contribution in [0.1, 0.15) is 50.1 Å². The fourth-order valence-corrected chi connectivity index (χ4v) is 2.83. The standard InChI is InChI=1S/C15H19BrN2O2/c1-10(2)20-14(19)13-9-17-15(16)18(13)11(3)12-7-5-4-6-8-12/h5,7-11H,4,6H2,1-3H3/t11-/m1/s1. The largest absolute Gasteiger partial charge is 0.458 e. The topological polar surface area (TPSA) is 44.1 Å². The first-order valence-corrected chi connectivity index (χ1v) is 7.60. The number of hydrogen-bond acceptors (Lipinski definition) is 3. The fraction of sp³-hybridized carbons (Fsp3) is 0.467. The van der Waals surface area contributed by atoms with Gasteiger partial charge >= 0.3 is 5.97 Å². The molecule has 0 radical (unpaired) electrons. The number of esters is 1. The quantitative estimate of drug-likeness (QED) is 0.778. The van der Waals surface area contributed by atoms with Gasteiger partial charge < -0.3 is 9.30 Å². The van der Waals surface area contributed by atoms with Crippen molar-refractivity contribution in [1.29, 1.82) is 0 Å². The summed E-state index contributed by atoms with van der Waals surface area (Å²) in [6.45, 7) is 5.73. The minimum atomic E-state index is -0.342. The lowest BCUT2D eigenvalue weighted by Gasteiger charge is -2.20. The number of nitrogens with zero attached hydrogens (tertiary/aromatic N) is 2. The van der Waals surface area contributed by atoms with E-state index in [0.29, 0.717) is 10.4 Å². The summed E-state index contributed by atoms with van der Waals surface area (Å²) in [6, 6.07) is 0.0399. The molecular formula is C15H19BrN2O2. The Bertz CT molecular complexity index is 558. The summed E-state index contributed by atoms with van der Waals surface area (Å²) in [6.07, 6.45) is 9.99. The Morgan fingerprint density at radius 1 is 1.40 bits per heavy atom. The lowest BCUT2D eigenvalue weighted by Crippen LogP contribution is -2.19. The van der Waals surface area contributed by atoms with Gasteiger partial charge in [0.2, 0.25) is 0 Å². The predicted octanol–water partition coefficient (Wildman–Crippen LogP) is 4.05. The average molecular weight is 339 g/mol. The van der Waals surface area contributed by atoms with Gasteiger partial charge in [0.25, 0.3) is 0 Å². The number of ether oxygens (including phenoxy) is 1. The monoisotopic (exact) mass is 338 g/mol. The van der Waals surface area contributed by atoms with Gasteiger partial charge in [-0.25, -0.2) is 9.78 Å². The molecule has 0 aromatic carbocycles. The van der Waals surface area contributed by atoms with Crippen molar-refractivity contribution in [2.24, 2.45) is 0 Å². The van der Waals surface area contributed by atoms with Gasteiger partial charge in [-0.15, -0.1) is 0 Å². The summed E-state index contributed by atoms with van der Waals surface area (Å²) in [5, 5.41) is 0. The molecule has 1 heterocycles. The Labute approximate surface area is 127 Å². The summed E-state index contributed by atoms with van der Waals surface area (Å²) in [5.74, 6) is -0.342. The molecule has 0 saturated heterocycles. The Hall–Kier alpha value is -1.36. The highest BCUT2D eigenvalue weighted by Gasteiger charge is 2.23. The van der Waals surface area contributed by atoms with Crippen LogP contribution < -0.4 is 0 Å². The zero-order valence-electron chi connectivity index (χ0n) is 12.0. The van der Waals surface area contributed by atoms with Crippen molar-refractivity contribution >= 4 is 21.9 Å². The molecule has 0 amide bonds. The van der Waals surface area contributed by atoms with Gasteiger partial charge in [0.1, 0.15) is 5.69 Å². The number of halogens is 1. The molecule has 0 N–H and O–H groups in total. The number of aromatic nitrogens is 2. The highest BCUT2D eigenvalue weighted by molar-refractivity contribution is 9.10. The summed E-state index contributed by atoms with van der Waals surface area (Å²) in [7, 11) is 0. The van der Waals surface area contributed by atoms with Crippen molar-refractivity contribution in [3.63, 3.8) is 0 Å². The molecule has 0 saturated carbocycles. The highest BCUT2D eigenvalue weighted by atomic mass is 79.9. The second-order valence-electron chi connectivity index (χ2n) is 5.10. The van der Waals surface area contributed by atoms with Gasteiger partial charge in [0.05, 0.1) is 18.3 Å². The minimum absolute atomic E-state index is 0.0399. The number of carbonyl (C=O) groups excluding carboxylic acids is 1. The maximum atomic E-state index is 12.1. The SMILES string of the molecule is CC(C)OC(=O)c1cnc(Br)n1[C@H](C)C1=CCCC=C1. The first-order valence-electron chi connectivity index (χ1n) is 6.81. The van der Waals surface area contributed by atoms with Crippen LogP contribution >= 0.6 is 15.9 Å². The number of imidazole rings is 1. The lowest BCUT2D eigenvalue weighted by atomic mass is 10.0. The molecule has 0 bridgehead atoms. The van der Waals surface area contributed by atoms with Crippen molar-refractivity contribution < 1.29 is 9.53 Å². The lowest BCUT2D eigenvalue weighted by molar-refractivity contribution is 0.0363. The van der Waals surface area contributed by atoms with Crippen LogP contribution in [0.4, 0.5) is 0 Å². The van der Waals surface area contributed by atoms with E-state index in [1.54, 1.807) is 6.20 Å². The smallest absolute Gasteiger partial charge is 0.356 e. The zero-order chi connectivity index (χ0) is 14.7. The van der Waals surface area contributed by atoms with Crippen LogP contribution in [-0.4, -0.2) is 21.6 Å². The zero-order valence-corrected chi connectivity index (χ0v) is 13.6. The van der Waals surface area contributed by atoms with Crippen LogP contribution in [0, 0.1) is 0 Å². The molecule has 4 nitrogen and oxygen atoms in total. The fourth-order valence-electron chi connectivity index (χ4n) is 2.22. The molecule has 0 spiro atoms. The van der Waals surface area contributed by atoms with E-state index in [9.17, 15) is 4.79 Å². The number of allylic oxidation sites excluding steroid dienone is 4. The maximum Gasteiger partial charge on any atom is 0.356 e. The van der Waals surface area contributed by atoms with Crippen LogP contribution in [0.25, 0.3) is 0 Å². The molecule has 1 aromatic heterocycles. The Morgan fingerprint density at radius 3 is 2.75 bits per heavy atom. The molecule has 0 fully saturated rings. The molecule has 1 aliphatic carbocycles. The second kappa shape index (κ2) is 6.39. The van der Waals surface area contributed by atoms with Gasteiger partial charge in [0, 0.05) is 0 Å². The molecule has 108 valence electrons. The Kier molecular flexibility index (Phi) is 4.81. The molecule has 0 unspecified atom stereocenters. The maximum absolute atomic E-state index is 12.1. The third kappa shape index (κ3) is 3.20. The summed E-state index contributed by atoms with van der Waals surface area (Å²) >= 11 is 3.41. The number of rotatable bonds is 4. The number of hydrogen-bond donors (Lipinski definition) is 0. The first-order chi connectivity index (χ1) is 9.50. The van der Waals surface area contributed by atoms with Crippen molar-refractivity contribution in [3.05, 3.63) is 40.4 Å². The Balaban J connectivity index is 2.31. The van der Waals surface area contributed by atoms with E-state index in [2.05, 4.69) is 46.1 Å². The van der Waals surface area contributed by atoms with Crippen molar-refractivity contribution in [2.75, 3.05) is 0 Å². The van der Waals surface area contributed by atoms with E-state index in [1.807, 2.05) is 18.4 Å². The second-order valence-corrected chi connectivity index (χ2v) is 5.81. The predicted molar refractivity (Wildman–Crippen MR) is 81.6 cm³/mol. The van der Waals surface area contributed by atoms with Crippen LogP contribution in [0.5, 0.6) is 0 Å². The minimum Gasteiger partial charge on any atom is -0.458 e. The van der Waals surface area contributed by atoms with E-state index in [1.165, 1.54) is 5.57 Å². The van der Waals surface area contributed by atoms with Gasteiger partial charge in [0.15, 0.2) is 4.73 Å². The van der Waals surface area contributed by atoms with Gasteiger partial charge in [-0.1, -0.05) is 18.2 Å². The van der Waals surface area contributed by atoms with Gasteiger partial charge in [-0.2, -0.15) is 0 Å². The van der Waals surface area contributed by atoms with E-state index >= 15 is 0 Å². The molecule has 0 aliphatic heterocycles. The molecule has 1 aliphatic rings. The summed E-state index contributed by atoms with van der Waals surface area (Å²) < 4.78 is 7.78. The van der Waals surface area contributed by atoms with Crippen LogP contribution in [0.3, 0.4) is 0 Å². The summed E-state index contributed by atoms with van der Waals surface area (Å²) in [4.78, 5) is 16.3. The van der Waals surface area contributed by atoms with Crippen LogP contribution in [-0.2, 0) is 4.74 Å². The third-order valence-corrected chi connectivity index (χ3v) is 3.78. The molecule has 2 rings (SSSR count). The van der Waals surface area contributed by atoms with Crippen molar-refractivity contribution in [2.45, 2.75) is 45.8 Å². The van der Waals surface area contributed by atoms with Crippen LogP contribution in [0.15, 0.2) is 34.7 Å². The van der Waals surface area contributed by atoms with Crippen molar-refractivity contribution in [3.8, 4) is 0 Å². The van der Waals surface area contributed by atoms with E-state index in [4.69, 9.17) is 4.74 Å². The molecule has 1 atom stereocenters. The normalized spacial score (nSPS) is 16.1. The molecule has 5 heteroatoms. The highest BCUT2D eigenvalue weighted by Crippen LogP contribution is 2.28. The third-order valence-electron chi connectivity index (χ3n) is 3.20. The van der Waals surface area contributed by atoms with Crippen molar-refractivity contribution in [1.82, 2.24) is 9.55 Å². The van der Waals surface area contributed by atoms with E-state index in [0.717, 1.165) is 12.8 Å².